The second-order valence-corrected chi connectivity index (χ2v) is 13.7. The lowest BCUT2D eigenvalue weighted by Gasteiger charge is -2.17. The first-order valence-corrected chi connectivity index (χ1v) is 16.5. The van der Waals surface area contributed by atoms with E-state index in [1.165, 1.54) is 0 Å². The molecule has 4 aromatic rings. The minimum Gasteiger partial charge on any atom is -0.354 e. The van der Waals surface area contributed by atoms with Crippen molar-refractivity contribution in [3.63, 3.8) is 0 Å². The molecular weight excluding hydrogens is 565 g/mol. The van der Waals surface area contributed by atoms with E-state index in [0.29, 0.717) is 37.2 Å². The molecule has 0 bridgehead atoms. The molecule has 0 spiro atoms. The van der Waals surface area contributed by atoms with Gasteiger partial charge in [0.1, 0.15) is 0 Å². The molecule has 12 heteroatoms. The maximum absolute atomic E-state index is 13.4. The molecule has 0 atom stereocenters. The van der Waals surface area contributed by atoms with Gasteiger partial charge in [-0.1, -0.05) is 30.7 Å². The highest BCUT2D eigenvalue weighted by molar-refractivity contribution is 7.91. The van der Waals surface area contributed by atoms with Crippen molar-refractivity contribution < 1.29 is 32.1 Å². The van der Waals surface area contributed by atoms with Gasteiger partial charge in [-0.05, 0) is 80.9 Å². The number of nitrogens with zero attached hydrogens (tertiary/aromatic N) is 1. The highest BCUT2D eigenvalue weighted by Crippen LogP contribution is 2.39. The Labute approximate surface area is 239 Å². The number of aromatic nitrogens is 1. The van der Waals surface area contributed by atoms with Gasteiger partial charge < -0.3 is 25.0 Å². The Hall–Kier alpha value is -3.05. The molecule has 0 fully saturated rings. The van der Waals surface area contributed by atoms with Crippen molar-refractivity contribution in [3.8, 4) is 11.1 Å². The van der Waals surface area contributed by atoms with Crippen molar-refractivity contribution in [2.75, 3.05) is 39.0 Å². The third-order valence-electron chi connectivity index (χ3n) is 7.15. The summed E-state index contributed by atoms with van der Waals surface area (Å²) >= 11 is 0. The quantitative estimate of drug-likeness (QED) is 0.136. The number of rotatable bonds is 12. The van der Waals surface area contributed by atoms with Gasteiger partial charge in [0, 0.05) is 34.9 Å². The van der Waals surface area contributed by atoms with E-state index in [1.807, 2.05) is 43.0 Å². The Bertz CT molecular complexity index is 1740. The minimum absolute atomic E-state index is 0.00835. The number of sulfone groups is 1. The van der Waals surface area contributed by atoms with Gasteiger partial charge in [0.05, 0.1) is 22.8 Å². The molecule has 0 aliphatic carbocycles. The fraction of sp³-hybridized carbons (Fsp3) is 0.345. The number of carbonyl (C=O) groups excluding carboxylic acids is 1. The highest BCUT2D eigenvalue weighted by atomic mass is 32.2. The number of hydrogen-bond acceptors (Lipinski definition) is 6. The standard InChI is InChI=1S/C29H36N3O7PS/c1-5-41(37,38)22-9-6-8-21(17-22)24-18-23(20(3)28-27(24)25-16-19(2)10-11-26(25)31-28)29(33)30-12-7-13-32(4)14-15-39-40(34,35)36/h6,8-11,16-18,31H,5,7,12-15H2,1-4H3,(H,30,33)(H2,34,35,36). The molecule has 4 N–H and O–H groups in total. The number of aromatic amines is 1. The molecule has 1 heterocycles. The topological polar surface area (TPSA) is 149 Å². The molecule has 10 nitrogen and oxygen atoms in total. The van der Waals surface area contributed by atoms with E-state index in [-0.39, 0.29) is 23.2 Å². The molecule has 3 aromatic carbocycles. The predicted octanol–water partition coefficient (Wildman–Crippen LogP) is 4.56. The summed E-state index contributed by atoms with van der Waals surface area (Å²) in [4.78, 5) is 36.6. The molecule has 0 saturated heterocycles. The van der Waals surface area contributed by atoms with Gasteiger partial charge in [0.2, 0.25) is 0 Å². The van der Waals surface area contributed by atoms with E-state index in [0.717, 1.165) is 38.5 Å². The average molecular weight is 602 g/mol. The number of aryl methyl sites for hydroxylation is 2. The van der Waals surface area contributed by atoms with Crippen LogP contribution >= 0.6 is 7.82 Å². The van der Waals surface area contributed by atoms with Crippen LogP contribution in [0.2, 0.25) is 0 Å². The van der Waals surface area contributed by atoms with Crippen LogP contribution < -0.4 is 5.32 Å². The summed E-state index contributed by atoms with van der Waals surface area (Å²) in [7, 11) is -6.11. The Morgan fingerprint density at radius 1 is 1.10 bits per heavy atom. The number of fused-ring (bicyclic) bond motifs is 3. The van der Waals surface area contributed by atoms with E-state index in [2.05, 4.69) is 20.9 Å². The van der Waals surface area contributed by atoms with Crippen molar-refractivity contribution >= 4 is 45.4 Å². The summed E-state index contributed by atoms with van der Waals surface area (Å²) in [5.74, 6) is -0.253. The third-order valence-corrected chi connectivity index (χ3v) is 9.41. The lowest BCUT2D eigenvalue weighted by atomic mass is 9.93. The van der Waals surface area contributed by atoms with Gasteiger partial charge in [-0.15, -0.1) is 0 Å². The summed E-state index contributed by atoms with van der Waals surface area (Å²) in [5.41, 5.74) is 5.59. The SMILES string of the molecule is CCS(=O)(=O)c1cccc(-c2cc(C(=O)NCCCN(C)CCOP(=O)(O)O)c(C)c3[nH]c4ccc(C)cc4c23)c1. The van der Waals surface area contributed by atoms with Crippen molar-refractivity contribution in [3.05, 3.63) is 65.2 Å². The predicted molar refractivity (Wildman–Crippen MR) is 161 cm³/mol. The lowest BCUT2D eigenvalue weighted by Crippen LogP contribution is -2.30. The lowest BCUT2D eigenvalue weighted by molar-refractivity contribution is 0.0950. The second kappa shape index (κ2) is 12.4. The third kappa shape index (κ3) is 7.24. The van der Waals surface area contributed by atoms with E-state index in [1.54, 1.807) is 32.2 Å². The average Bonchev–Trinajstić information content (AvgIpc) is 3.30. The zero-order chi connectivity index (χ0) is 29.9. The van der Waals surface area contributed by atoms with Crippen LogP contribution in [-0.2, 0) is 18.9 Å². The number of H-pyrrole nitrogens is 1. The number of carbonyl (C=O) groups is 1. The van der Waals surface area contributed by atoms with Gasteiger partial charge in [0.15, 0.2) is 9.84 Å². The maximum Gasteiger partial charge on any atom is 0.469 e. The molecule has 0 aliphatic heterocycles. The Kier molecular flexibility index (Phi) is 9.38. The molecule has 1 aromatic heterocycles. The zero-order valence-corrected chi connectivity index (χ0v) is 25.3. The van der Waals surface area contributed by atoms with Crippen molar-refractivity contribution in [2.24, 2.45) is 0 Å². The smallest absolute Gasteiger partial charge is 0.354 e. The van der Waals surface area contributed by atoms with Crippen molar-refractivity contribution in [1.29, 1.82) is 0 Å². The van der Waals surface area contributed by atoms with Crippen LogP contribution in [0.15, 0.2) is 53.4 Å². The van der Waals surface area contributed by atoms with Crippen LogP contribution in [0.5, 0.6) is 0 Å². The number of nitrogens with one attached hydrogen (secondary N) is 2. The summed E-state index contributed by atoms with van der Waals surface area (Å²) in [5, 5.41) is 4.91. The summed E-state index contributed by atoms with van der Waals surface area (Å²) in [6.07, 6.45) is 0.620. The normalized spacial score (nSPS) is 12.5. The first-order chi connectivity index (χ1) is 19.3. The number of phosphoric acid groups is 1. The van der Waals surface area contributed by atoms with Gasteiger partial charge in [0.25, 0.3) is 5.91 Å². The van der Waals surface area contributed by atoms with Crippen LogP contribution in [0, 0.1) is 13.8 Å². The van der Waals surface area contributed by atoms with Gasteiger partial charge in [-0.2, -0.15) is 0 Å². The molecule has 4 rings (SSSR count). The number of hydrogen-bond donors (Lipinski definition) is 4. The van der Waals surface area contributed by atoms with E-state index in [4.69, 9.17) is 9.79 Å². The van der Waals surface area contributed by atoms with Crippen LogP contribution in [0.1, 0.15) is 34.8 Å². The first kappa shape index (κ1) is 30.9. The van der Waals surface area contributed by atoms with Crippen LogP contribution in [0.25, 0.3) is 32.9 Å². The van der Waals surface area contributed by atoms with Gasteiger partial charge in [-0.3, -0.25) is 9.32 Å². The van der Waals surface area contributed by atoms with Crippen LogP contribution in [0.3, 0.4) is 0 Å². The summed E-state index contributed by atoms with van der Waals surface area (Å²) in [6.45, 7) is 6.76. The molecule has 41 heavy (non-hydrogen) atoms. The van der Waals surface area contributed by atoms with E-state index in [9.17, 15) is 17.8 Å². The van der Waals surface area contributed by atoms with Gasteiger partial charge in [-0.25, -0.2) is 13.0 Å². The molecule has 0 saturated carbocycles. The fourth-order valence-corrected chi connectivity index (χ4v) is 6.13. The Morgan fingerprint density at radius 2 is 1.85 bits per heavy atom. The molecule has 220 valence electrons. The van der Waals surface area contributed by atoms with Crippen LogP contribution in [0.4, 0.5) is 0 Å². The highest BCUT2D eigenvalue weighted by Gasteiger charge is 2.21. The molecule has 0 aliphatic rings. The maximum atomic E-state index is 13.4. The number of amides is 1. The number of likely N-dealkylation sites (N-methyl/N-ethyl adjacent to an activating group) is 1. The van der Waals surface area contributed by atoms with E-state index >= 15 is 0 Å². The minimum atomic E-state index is -4.49. The molecular formula is C29H36N3O7PS. The van der Waals surface area contributed by atoms with Crippen LogP contribution in [-0.4, -0.2) is 73.0 Å². The molecule has 0 radical (unpaired) electrons. The van der Waals surface area contributed by atoms with Crippen molar-refractivity contribution in [1.82, 2.24) is 15.2 Å². The summed E-state index contributed by atoms with van der Waals surface area (Å²) in [6, 6.07) is 14.8. The monoisotopic (exact) mass is 601 g/mol. The first-order valence-electron chi connectivity index (χ1n) is 13.4. The number of benzene rings is 3. The van der Waals surface area contributed by atoms with Gasteiger partial charge >= 0.3 is 7.82 Å². The Balaban J connectivity index is 1.65. The number of phosphoric ester groups is 1. The fourth-order valence-electron chi connectivity index (χ4n) is 4.89. The summed E-state index contributed by atoms with van der Waals surface area (Å²) < 4.78 is 40.6. The largest absolute Gasteiger partial charge is 0.469 e. The Morgan fingerprint density at radius 3 is 2.56 bits per heavy atom. The zero-order valence-electron chi connectivity index (χ0n) is 23.6. The molecule has 0 unspecified atom stereocenters. The second-order valence-electron chi connectivity index (χ2n) is 10.2. The molecule has 1 amide bonds. The van der Waals surface area contributed by atoms with Crippen molar-refractivity contribution in [2.45, 2.75) is 32.1 Å². The van der Waals surface area contributed by atoms with E-state index < -0.39 is 17.7 Å².